The number of amides is 1. The van der Waals surface area contributed by atoms with Crippen molar-refractivity contribution in [2.45, 2.75) is 0 Å². The molecule has 1 heterocycles. The van der Waals surface area contributed by atoms with Crippen molar-refractivity contribution in [1.29, 1.82) is 0 Å². The maximum Gasteiger partial charge on any atom is 0.275 e. The van der Waals surface area contributed by atoms with Crippen LogP contribution in [0.25, 0.3) is 11.1 Å². The fourth-order valence-corrected chi connectivity index (χ4v) is 3.12. The first-order chi connectivity index (χ1) is 13.7. The molecule has 0 spiro atoms. The molecule has 0 unspecified atom stereocenters. The van der Waals surface area contributed by atoms with Gasteiger partial charge >= 0.3 is 0 Å². The van der Waals surface area contributed by atoms with Gasteiger partial charge in [0.2, 0.25) is 6.86 Å². The number of rotatable bonds is 4. The lowest BCUT2D eigenvalue weighted by Gasteiger charge is -2.17. The van der Waals surface area contributed by atoms with Crippen LogP contribution in [-0.2, 0) is 0 Å². The average molecular weight is 378 g/mol. The molecule has 0 saturated heterocycles. The van der Waals surface area contributed by atoms with Gasteiger partial charge < -0.3 is 9.47 Å². The van der Waals surface area contributed by atoms with Gasteiger partial charge in [0.1, 0.15) is 17.2 Å². The fourth-order valence-electron chi connectivity index (χ4n) is 3.12. The van der Waals surface area contributed by atoms with Crippen molar-refractivity contribution in [2.75, 3.05) is 6.86 Å². The van der Waals surface area contributed by atoms with Crippen molar-refractivity contribution in [3.05, 3.63) is 71.8 Å². The summed E-state index contributed by atoms with van der Waals surface area (Å²) < 4.78 is 24.2. The topological polar surface area (TPSA) is 80.2 Å². The number of carbonyl (C=O) groups is 1. The first-order valence-corrected chi connectivity index (χ1v) is 8.43. The molecular formula is C21H15FN2O4. The standard InChI is InChI=1S/C21H15FN2O4/c22-12-27-19-10-9-17-15(11-23-16-7-3-4-8-18(16)28-17)20(19)13-5-1-2-6-14(13)21(25)24-26/h1-11,26H,12H2,(H,24,25). The Balaban J connectivity index is 1.98. The number of alkyl halides is 1. The summed E-state index contributed by atoms with van der Waals surface area (Å²) in [5.74, 6) is 0.577. The van der Waals surface area contributed by atoms with E-state index in [1.54, 1.807) is 54.2 Å². The molecule has 0 saturated carbocycles. The Morgan fingerprint density at radius 3 is 2.68 bits per heavy atom. The Morgan fingerprint density at radius 1 is 1.07 bits per heavy atom. The van der Waals surface area contributed by atoms with Crippen molar-refractivity contribution < 1.29 is 23.9 Å². The highest BCUT2D eigenvalue weighted by molar-refractivity contribution is 6.05. The summed E-state index contributed by atoms with van der Waals surface area (Å²) in [5.41, 5.74) is 3.86. The third-order valence-corrected chi connectivity index (χ3v) is 4.34. The Bertz CT molecular complexity index is 1080. The summed E-state index contributed by atoms with van der Waals surface area (Å²) >= 11 is 0. The second kappa shape index (κ2) is 7.50. The molecule has 0 atom stereocenters. The number of carbonyl (C=O) groups excluding carboxylic acids is 1. The zero-order valence-electron chi connectivity index (χ0n) is 14.6. The number of benzene rings is 3. The molecule has 0 radical (unpaired) electrons. The molecule has 0 bridgehead atoms. The van der Waals surface area contributed by atoms with E-state index in [0.29, 0.717) is 33.9 Å². The van der Waals surface area contributed by atoms with Gasteiger partial charge in [-0.2, -0.15) is 0 Å². The largest absolute Gasteiger partial charge is 0.462 e. The van der Waals surface area contributed by atoms with Gasteiger partial charge in [-0.1, -0.05) is 30.3 Å². The van der Waals surface area contributed by atoms with Gasteiger partial charge in [-0.05, 0) is 35.9 Å². The summed E-state index contributed by atoms with van der Waals surface area (Å²) in [7, 11) is 0. The van der Waals surface area contributed by atoms with Gasteiger partial charge in [-0.25, -0.2) is 9.87 Å². The third kappa shape index (κ3) is 3.08. The summed E-state index contributed by atoms with van der Waals surface area (Å²) in [5, 5.41) is 9.09. The zero-order valence-corrected chi connectivity index (χ0v) is 14.6. The second-order valence-corrected chi connectivity index (χ2v) is 5.92. The molecule has 1 aliphatic heterocycles. The highest BCUT2D eigenvalue weighted by Gasteiger charge is 2.23. The summed E-state index contributed by atoms with van der Waals surface area (Å²) in [6.07, 6.45) is 1.59. The van der Waals surface area contributed by atoms with Crippen LogP contribution in [0.5, 0.6) is 17.2 Å². The van der Waals surface area contributed by atoms with Crippen molar-refractivity contribution in [3.63, 3.8) is 0 Å². The van der Waals surface area contributed by atoms with Crippen LogP contribution in [0, 0.1) is 0 Å². The van der Waals surface area contributed by atoms with Gasteiger partial charge in [-0.3, -0.25) is 15.0 Å². The van der Waals surface area contributed by atoms with Gasteiger partial charge in [0.05, 0.1) is 0 Å². The molecule has 1 aliphatic rings. The number of fused-ring (bicyclic) bond motifs is 2. The molecule has 0 aromatic heterocycles. The van der Waals surface area contributed by atoms with E-state index in [2.05, 4.69) is 4.99 Å². The summed E-state index contributed by atoms with van der Waals surface area (Å²) in [4.78, 5) is 16.6. The maximum absolute atomic E-state index is 13.0. The molecule has 140 valence electrons. The van der Waals surface area contributed by atoms with Crippen molar-refractivity contribution in [1.82, 2.24) is 5.48 Å². The number of aliphatic imine (C=N–C) groups is 1. The third-order valence-electron chi connectivity index (χ3n) is 4.34. The van der Waals surface area contributed by atoms with Crippen molar-refractivity contribution >= 4 is 17.8 Å². The Hall–Kier alpha value is -3.71. The number of ether oxygens (including phenoxy) is 2. The number of hydroxylamine groups is 1. The minimum absolute atomic E-state index is 0.192. The van der Waals surface area contributed by atoms with Gasteiger partial charge in [0.15, 0.2) is 5.75 Å². The quantitative estimate of drug-likeness (QED) is 0.401. The molecule has 0 aliphatic carbocycles. The Labute approximate surface area is 159 Å². The summed E-state index contributed by atoms with van der Waals surface area (Å²) in [6.45, 7) is -1.04. The normalized spacial score (nSPS) is 11.6. The lowest BCUT2D eigenvalue weighted by molar-refractivity contribution is 0.0707. The molecule has 7 heteroatoms. The molecule has 2 N–H and O–H groups in total. The molecule has 1 amide bonds. The van der Waals surface area contributed by atoms with E-state index in [1.165, 1.54) is 0 Å². The maximum atomic E-state index is 13.0. The van der Waals surface area contributed by atoms with Crippen LogP contribution < -0.4 is 15.0 Å². The van der Waals surface area contributed by atoms with Crippen LogP contribution in [0.2, 0.25) is 0 Å². The number of halogens is 1. The van der Waals surface area contributed by atoms with Gasteiger partial charge in [-0.15, -0.1) is 0 Å². The first-order valence-electron chi connectivity index (χ1n) is 8.43. The number of nitrogens with zero attached hydrogens (tertiary/aromatic N) is 1. The van der Waals surface area contributed by atoms with Crippen molar-refractivity contribution in [2.24, 2.45) is 4.99 Å². The predicted molar refractivity (Wildman–Crippen MR) is 102 cm³/mol. The number of hydrogen-bond donors (Lipinski definition) is 2. The molecule has 6 nitrogen and oxygen atoms in total. The van der Waals surface area contributed by atoms with Crippen LogP contribution in [0.1, 0.15) is 15.9 Å². The smallest absolute Gasteiger partial charge is 0.275 e. The fraction of sp³-hybridized carbons (Fsp3) is 0.0476. The highest BCUT2D eigenvalue weighted by atomic mass is 19.1. The SMILES string of the molecule is O=C(NO)c1ccccc1-c1c(OCF)ccc2c1C=Nc1ccccc1O2. The number of para-hydroxylation sites is 2. The predicted octanol–water partition coefficient (Wildman–Crippen LogP) is 4.63. The Morgan fingerprint density at radius 2 is 1.86 bits per heavy atom. The molecule has 3 aromatic rings. The van der Waals surface area contributed by atoms with Crippen molar-refractivity contribution in [3.8, 4) is 28.4 Å². The van der Waals surface area contributed by atoms with E-state index >= 15 is 0 Å². The van der Waals surface area contributed by atoms with E-state index < -0.39 is 12.8 Å². The van der Waals surface area contributed by atoms with Crippen LogP contribution in [-0.4, -0.2) is 24.2 Å². The van der Waals surface area contributed by atoms with E-state index in [1.807, 2.05) is 18.2 Å². The van der Waals surface area contributed by atoms with Crippen LogP contribution in [0.4, 0.5) is 10.1 Å². The highest BCUT2D eigenvalue weighted by Crippen LogP contribution is 2.44. The van der Waals surface area contributed by atoms with E-state index in [4.69, 9.17) is 14.7 Å². The monoisotopic (exact) mass is 378 g/mol. The average Bonchev–Trinajstić information content (AvgIpc) is 2.93. The lowest BCUT2D eigenvalue weighted by atomic mass is 9.93. The van der Waals surface area contributed by atoms with E-state index in [-0.39, 0.29) is 11.3 Å². The summed E-state index contributed by atoms with van der Waals surface area (Å²) in [6, 6.07) is 17.1. The van der Waals surface area contributed by atoms with Crippen LogP contribution in [0.3, 0.4) is 0 Å². The molecule has 28 heavy (non-hydrogen) atoms. The molecule has 0 fully saturated rings. The Kier molecular flexibility index (Phi) is 4.74. The zero-order chi connectivity index (χ0) is 19.5. The van der Waals surface area contributed by atoms with E-state index in [0.717, 1.165) is 0 Å². The van der Waals surface area contributed by atoms with Crippen LogP contribution >= 0.6 is 0 Å². The molecule has 4 rings (SSSR count). The lowest BCUT2D eigenvalue weighted by Crippen LogP contribution is -2.19. The molecule has 3 aromatic carbocycles. The first kappa shape index (κ1) is 17.7. The number of nitrogens with one attached hydrogen (secondary N) is 1. The van der Waals surface area contributed by atoms with Crippen LogP contribution in [0.15, 0.2) is 65.7 Å². The second-order valence-electron chi connectivity index (χ2n) is 5.92. The molecular weight excluding hydrogens is 363 g/mol. The van der Waals surface area contributed by atoms with E-state index in [9.17, 15) is 9.18 Å². The minimum atomic E-state index is -1.04. The number of hydrogen-bond acceptors (Lipinski definition) is 5. The van der Waals surface area contributed by atoms with Gasteiger partial charge in [0, 0.05) is 22.9 Å². The van der Waals surface area contributed by atoms with Gasteiger partial charge in [0.25, 0.3) is 5.91 Å². The minimum Gasteiger partial charge on any atom is -0.462 e.